The standard InChI is InChI=1S/C20H28N4O4/c1-20(2,3)28-18(26)13-23-8-10-24(11-9-23)16-6-4-14(12-21-16)15-5-7-17(25)22-19(15)27/h4,6,12,15H,5,7-11,13H2,1-3H3,(H,22,25,27). The minimum Gasteiger partial charge on any atom is -0.459 e. The Morgan fingerprint density at radius 3 is 2.50 bits per heavy atom. The van der Waals surface area contributed by atoms with E-state index in [2.05, 4.69) is 20.1 Å². The number of amides is 2. The predicted octanol–water partition coefficient (Wildman–Crippen LogP) is 1.07. The Morgan fingerprint density at radius 2 is 1.93 bits per heavy atom. The Balaban J connectivity index is 1.51. The lowest BCUT2D eigenvalue weighted by atomic mass is 9.92. The second kappa shape index (κ2) is 8.26. The summed E-state index contributed by atoms with van der Waals surface area (Å²) in [5, 5.41) is 2.38. The van der Waals surface area contributed by atoms with Gasteiger partial charge >= 0.3 is 5.97 Å². The number of rotatable bonds is 4. The maximum Gasteiger partial charge on any atom is 0.320 e. The summed E-state index contributed by atoms with van der Waals surface area (Å²) in [4.78, 5) is 44.0. The van der Waals surface area contributed by atoms with E-state index in [9.17, 15) is 14.4 Å². The van der Waals surface area contributed by atoms with Crippen molar-refractivity contribution >= 4 is 23.6 Å². The van der Waals surface area contributed by atoms with Crippen LogP contribution < -0.4 is 10.2 Å². The smallest absolute Gasteiger partial charge is 0.320 e. The van der Waals surface area contributed by atoms with Crippen LogP contribution in [0.15, 0.2) is 18.3 Å². The summed E-state index contributed by atoms with van der Waals surface area (Å²) in [7, 11) is 0. The Labute approximate surface area is 165 Å². The number of carbonyl (C=O) groups excluding carboxylic acids is 3. The molecule has 2 aliphatic rings. The number of imide groups is 1. The van der Waals surface area contributed by atoms with Gasteiger partial charge in [0.25, 0.3) is 0 Å². The fraction of sp³-hybridized carbons (Fsp3) is 0.600. The Hall–Kier alpha value is -2.48. The molecular formula is C20H28N4O4. The summed E-state index contributed by atoms with van der Waals surface area (Å²) in [5.41, 5.74) is 0.366. The van der Waals surface area contributed by atoms with Gasteiger partial charge in [0.05, 0.1) is 12.5 Å². The maximum absolute atomic E-state index is 12.0. The molecule has 0 aliphatic carbocycles. The second-order valence-electron chi connectivity index (χ2n) is 8.30. The number of esters is 1. The van der Waals surface area contributed by atoms with Gasteiger partial charge < -0.3 is 9.64 Å². The van der Waals surface area contributed by atoms with Gasteiger partial charge in [-0.15, -0.1) is 0 Å². The molecule has 0 saturated carbocycles. The molecule has 8 heteroatoms. The van der Waals surface area contributed by atoms with Gasteiger partial charge in [-0.1, -0.05) is 6.07 Å². The first-order chi connectivity index (χ1) is 13.2. The third kappa shape index (κ3) is 5.28. The summed E-state index contributed by atoms with van der Waals surface area (Å²) in [5.74, 6) is -0.123. The summed E-state index contributed by atoms with van der Waals surface area (Å²) in [6.45, 7) is 8.96. The number of anilines is 1. The molecule has 3 heterocycles. The van der Waals surface area contributed by atoms with E-state index < -0.39 is 5.60 Å². The number of nitrogens with one attached hydrogen (secondary N) is 1. The molecule has 8 nitrogen and oxygen atoms in total. The van der Waals surface area contributed by atoms with Gasteiger partial charge in [0.1, 0.15) is 11.4 Å². The molecule has 0 radical (unpaired) electrons. The highest BCUT2D eigenvalue weighted by atomic mass is 16.6. The predicted molar refractivity (Wildman–Crippen MR) is 104 cm³/mol. The zero-order valence-corrected chi connectivity index (χ0v) is 16.7. The Kier molecular flexibility index (Phi) is 5.98. The van der Waals surface area contributed by atoms with Crippen molar-refractivity contribution in [2.75, 3.05) is 37.6 Å². The highest BCUT2D eigenvalue weighted by Crippen LogP contribution is 2.25. The molecule has 152 valence electrons. The number of ether oxygens (including phenoxy) is 1. The maximum atomic E-state index is 12.0. The highest BCUT2D eigenvalue weighted by Gasteiger charge is 2.28. The monoisotopic (exact) mass is 388 g/mol. The molecule has 1 unspecified atom stereocenters. The van der Waals surface area contributed by atoms with Crippen molar-refractivity contribution in [3.05, 3.63) is 23.9 Å². The van der Waals surface area contributed by atoms with Crippen molar-refractivity contribution in [3.63, 3.8) is 0 Å². The SMILES string of the molecule is CC(C)(C)OC(=O)CN1CCN(c2ccc(C3CCC(=O)NC3=O)cn2)CC1. The minimum atomic E-state index is -0.465. The molecule has 2 aliphatic heterocycles. The third-order valence-corrected chi connectivity index (χ3v) is 4.88. The van der Waals surface area contributed by atoms with Crippen LogP contribution in [-0.4, -0.2) is 66.0 Å². The van der Waals surface area contributed by atoms with E-state index in [-0.39, 0.29) is 23.7 Å². The molecule has 28 heavy (non-hydrogen) atoms. The molecule has 1 aromatic heterocycles. The quantitative estimate of drug-likeness (QED) is 0.609. The van der Waals surface area contributed by atoms with Crippen LogP contribution in [0, 0.1) is 0 Å². The summed E-state index contributed by atoms with van der Waals surface area (Å²) in [6, 6.07) is 3.83. The van der Waals surface area contributed by atoms with Crippen LogP contribution in [0.5, 0.6) is 0 Å². The molecule has 0 aromatic carbocycles. The zero-order chi connectivity index (χ0) is 20.3. The Morgan fingerprint density at radius 1 is 1.21 bits per heavy atom. The van der Waals surface area contributed by atoms with Crippen LogP contribution in [0.3, 0.4) is 0 Å². The van der Waals surface area contributed by atoms with Crippen molar-refractivity contribution in [2.45, 2.75) is 45.1 Å². The van der Waals surface area contributed by atoms with Crippen molar-refractivity contribution in [1.82, 2.24) is 15.2 Å². The molecule has 2 saturated heterocycles. The van der Waals surface area contributed by atoms with Gasteiger partial charge in [0, 0.05) is 38.8 Å². The minimum absolute atomic E-state index is 0.201. The van der Waals surface area contributed by atoms with E-state index in [4.69, 9.17) is 4.74 Å². The van der Waals surface area contributed by atoms with Crippen LogP contribution in [0.25, 0.3) is 0 Å². The first kappa shape index (κ1) is 20.3. The average molecular weight is 388 g/mol. The highest BCUT2D eigenvalue weighted by molar-refractivity contribution is 6.00. The first-order valence-electron chi connectivity index (χ1n) is 9.70. The lowest BCUT2D eigenvalue weighted by Gasteiger charge is -2.35. The van der Waals surface area contributed by atoms with E-state index in [0.29, 0.717) is 19.4 Å². The topological polar surface area (TPSA) is 91.8 Å². The first-order valence-corrected chi connectivity index (χ1v) is 9.70. The van der Waals surface area contributed by atoms with Crippen LogP contribution in [0.4, 0.5) is 5.82 Å². The number of hydrogen-bond acceptors (Lipinski definition) is 7. The largest absolute Gasteiger partial charge is 0.459 e. The summed E-state index contributed by atoms with van der Waals surface area (Å²) < 4.78 is 5.38. The molecule has 0 spiro atoms. The molecule has 1 N–H and O–H groups in total. The number of hydrogen-bond donors (Lipinski definition) is 1. The lowest BCUT2D eigenvalue weighted by molar-refractivity contribution is -0.156. The molecule has 3 rings (SSSR count). The average Bonchev–Trinajstić information content (AvgIpc) is 2.61. The summed E-state index contributed by atoms with van der Waals surface area (Å²) in [6.07, 6.45) is 2.61. The number of piperidine rings is 1. The number of carbonyl (C=O) groups is 3. The molecule has 1 aromatic rings. The number of aromatic nitrogens is 1. The van der Waals surface area contributed by atoms with E-state index in [0.717, 1.165) is 37.6 Å². The van der Waals surface area contributed by atoms with Crippen molar-refractivity contribution in [2.24, 2.45) is 0 Å². The van der Waals surface area contributed by atoms with Gasteiger partial charge in [-0.05, 0) is 38.8 Å². The molecular weight excluding hydrogens is 360 g/mol. The number of nitrogens with zero attached hydrogens (tertiary/aromatic N) is 3. The fourth-order valence-electron chi connectivity index (χ4n) is 3.49. The van der Waals surface area contributed by atoms with Gasteiger partial charge in [-0.3, -0.25) is 24.6 Å². The van der Waals surface area contributed by atoms with Gasteiger partial charge in [0.2, 0.25) is 11.8 Å². The molecule has 2 fully saturated rings. The number of pyridine rings is 1. The van der Waals surface area contributed by atoms with E-state index in [1.54, 1.807) is 6.20 Å². The molecule has 2 amide bonds. The third-order valence-electron chi connectivity index (χ3n) is 4.88. The normalized spacial score (nSPS) is 21.4. The van der Waals surface area contributed by atoms with E-state index >= 15 is 0 Å². The fourth-order valence-corrected chi connectivity index (χ4v) is 3.49. The van der Waals surface area contributed by atoms with E-state index in [1.807, 2.05) is 32.9 Å². The van der Waals surface area contributed by atoms with Gasteiger partial charge in [-0.2, -0.15) is 0 Å². The van der Waals surface area contributed by atoms with Crippen LogP contribution in [0.1, 0.15) is 45.1 Å². The number of piperazine rings is 1. The van der Waals surface area contributed by atoms with Crippen molar-refractivity contribution in [1.29, 1.82) is 0 Å². The van der Waals surface area contributed by atoms with Gasteiger partial charge in [0.15, 0.2) is 0 Å². The lowest BCUT2D eigenvalue weighted by Crippen LogP contribution is -2.49. The van der Waals surface area contributed by atoms with Crippen molar-refractivity contribution in [3.8, 4) is 0 Å². The Bertz CT molecular complexity index is 734. The van der Waals surface area contributed by atoms with Crippen LogP contribution in [-0.2, 0) is 19.1 Å². The van der Waals surface area contributed by atoms with Crippen LogP contribution >= 0.6 is 0 Å². The second-order valence-corrected chi connectivity index (χ2v) is 8.30. The zero-order valence-electron chi connectivity index (χ0n) is 16.7. The van der Waals surface area contributed by atoms with Crippen molar-refractivity contribution < 1.29 is 19.1 Å². The molecule has 1 atom stereocenters. The van der Waals surface area contributed by atoms with E-state index in [1.165, 1.54) is 0 Å². The van der Waals surface area contributed by atoms with Gasteiger partial charge in [-0.25, -0.2) is 4.98 Å². The summed E-state index contributed by atoms with van der Waals surface area (Å²) >= 11 is 0. The van der Waals surface area contributed by atoms with Crippen LogP contribution in [0.2, 0.25) is 0 Å². The molecule has 0 bridgehead atoms.